The van der Waals surface area contributed by atoms with Crippen molar-refractivity contribution in [2.24, 2.45) is 0 Å². The summed E-state index contributed by atoms with van der Waals surface area (Å²) in [6.07, 6.45) is 1.85. The van der Waals surface area contributed by atoms with E-state index in [0.29, 0.717) is 16.3 Å². The smallest absolute Gasteiger partial charge is 0.251 e. The number of rotatable bonds is 3. The van der Waals surface area contributed by atoms with Crippen LogP contribution in [0.5, 0.6) is 0 Å². The number of carbonyl (C=O) groups is 1. The van der Waals surface area contributed by atoms with E-state index in [0.717, 1.165) is 5.56 Å². The molecule has 2 rings (SSSR count). The van der Waals surface area contributed by atoms with Gasteiger partial charge in [0.1, 0.15) is 0 Å². The maximum absolute atomic E-state index is 12.0. The minimum atomic E-state index is -0.133. The lowest BCUT2D eigenvalue weighted by Gasteiger charge is -2.05. The van der Waals surface area contributed by atoms with Crippen molar-refractivity contribution in [3.8, 4) is 0 Å². The molecule has 1 N–H and O–H groups in total. The Bertz CT molecular complexity index is 605. The Kier molecular flexibility index (Phi) is 4.37. The van der Waals surface area contributed by atoms with E-state index in [1.807, 2.05) is 36.4 Å². The number of halogens is 1. The van der Waals surface area contributed by atoms with Gasteiger partial charge in [-0.3, -0.25) is 4.79 Å². The third-order valence-corrected chi connectivity index (χ3v) is 2.86. The summed E-state index contributed by atoms with van der Waals surface area (Å²) in [5.41, 5.74) is 2.34. The molecule has 19 heavy (non-hydrogen) atoms. The van der Waals surface area contributed by atoms with Crippen LogP contribution < -0.4 is 5.32 Å². The fourth-order valence-corrected chi connectivity index (χ4v) is 1.85. The van der Waals surface area contributed by atoms with Crippen LogP contribution in [0.25, 0.3) is 6.08 Å². The van der Waals surface area contributed by atoms with Gasteiger partial charge in [-0.05, 0) is 36.8 Å². The molecular formula is C16H14ClNO. The minimum Gasteiger partial charge on any atom is -0.322 e. The summed E-state index contributed by atoms with van der Waals surface area (Å²) in [7, 11) is 0. The maximum Gasteiger partial charge on any atom is 0.251 e. The number of hydrogen-bond donors (Lipinski definition) is 1. The molecule has 0 aliphatic heterocycles. The van der Waals surface area contributed by atoms with E-state index in [2.05, 4.69) is 5.32 Å². The molecule has 0 unspecified atom stereocenters. The number of amides is 1. The van der Waals surface area contributed by atoms with Gasteiger partial charge < -0.3 is 5.32 Å². The van der Waals surface area contributed by atoms with E-state index in [-0.39, 0.29) is 5.91 Å². The van der Waals surface area contributed by atoms with Gasteiger partial charge in [0.05, 0.1) is 0 Å². The molecule has 0 saturated heterocycles. The average Bonchev–Trinajstić information content (AvgIpc) is 2.40. The molecular weight excluding hydrogens is 258 g/mol. The predicted molar refractivity (Wildman–Crippen MR) is 80.2 cm³/mol. The second kappa shape index (κ2) is 6.21. The zero-order chi connectivity index (χ0) is 13.7. The number of carbonyl (C=O) groups excluding carboxylic acids is 1. The van der Waals surface area contributed by atoms with E-state index in [1.165, 1.54) is 0 Å². The van der Waals surface area contributed by atoms with E-state index < -0.39 is 0 Å². The molecule has 0 aliphatic carbocycles. The first kappa shape index (κ1) is 13.4. The zero-order valence-corrected chi connectivity index (χ0v) is 11.3. The maximum atomic E-state index is 12.0. The monoisotopic (exact) mass is 271 g/mol. The second-order valence-electron chi connectivity index (χ2n) is 4.20. The van der Waals surface area contributed by atoms with Crippen molar-refractivity contribution in [1.29, 1.82) is 0 Å². The molecule has 2 aromatic rings. The van der Waals surface area contributed by atoms with Gasteiger partial charge in [0, 0.05) is 16.3 Å². The molecule has 96 valence electrons. The minimum absolute atomic E-state index is 0.133. The molecule has 0 aromatic heterocycles. The van der Waals surface area contributed by atoms with E-state index in [4.69, 9.17) is 11.6 Å². The van der Waals surface area contributed by atoms with Gasteiger partial charge >= 0.3 is 0 Å². The van der Waals surface area contributed by atoms with Gasteiger partial charge in [-0.25, -0.2) is 0 Å². The molecule has 0 radical (unpaired) electrons. The SMILES string of the molecule is C/C(=C/c1ccccc1)C(=O)Nc1cccc(Cl)c1. The predicted octanol–water partition coefficient (Wildman–Crippen LogP) is 4.38. The largest absolute Gasteiger partial charge is 0.322 e. The summed E-state index contributed by atoms with van der Waals surface area (Å²) in [6, 6.07) is 16.8. The van der Waals surface area contributed by atoms with Crippen LogP contribution in [0.3, 0.4) is 0 Å². The van der Waals surface area contributed by atoms with E-state index in [1.54, 1.807) is 31.2 Å². The Hall–Kier alpha value is -2.06. The first-order chi connectivity index (χ1) is 9.15. The summed E-state index contributed by atoms with van der Waals surface area (Å²) in [5.74, 6) is -0.133. The first-order valence-electron chi connectivity index (χ1n) is 5.95. The van der Waals surface area contributed by atoms with Crippen molar-refractivity contribution < 1.29 is 4.79 Å². The summed E-state index contributed by atoms with van der Waals surface area (Å²) in [5, 5.41) is 3.41. The molecule has 0 aliphatic rings. The molecule has 0 atom stereocenters. The van der Waals surface area contributed by atoms with Crippen LogP contribution in [0.4, 0.5) is 5.69 Å². The Labute approximate surface area is 117 Å². The molecule has 0 fully saturated rings. The Morgan fingerprint density at radius 3 is 2.53 bits per heavy atom. The van der Waals surface area contributed by atoms with Gasteiger partial charge in [-0.1, -0.05) is 48.0 Å². The van der Waals surface area contributed by atoms with Crippen molar-refractivity contribution in [3.63, 3.8) is 0 Å². The number of hydrogen-bond acceptors (Lipinski definition) is 1. The molecule has 2 nitrogen and oxygen atoms in total. The fourth-order valence-electron chi connectivity index (χ4n) is 1.66. The third-order valence-electron chi connectivity index (χ3n) is 2.62. The highest BCUT2D eigenvalue weighted by Crippen LogP contribution is 2.16. The topological polar surface area (TPSA) is 29.1 Å². The Morgan fingerprint density at radius 2 is 1.84 bits per heavy atom. The summed E-state index contributed by atoms with van der Waals surface area (Å²) < 4.78 is 0. The van der Waals surface area contributed by atoms with E-state index >= 15 is 0 Å². The summed E-state index contributed by atoms with van der Waals surface area (Å²) >= 11 is 5.87. The lowest BCUT2D eigenvalue weighted by atomic mass is 10.1. The normalized spacial score (nSPS) is 11.2. The molecule has 0 heterocycles. The Balaban J connectivity index is 2.10. The molecule has 1 amide bonds. The van der Waals surface area contributed by atoms with Crippen molar-refractivity contribution >= 4 is 29.3 Å². The lowest BCUT2D eigenvalue weighted by Crippen LogP contribution is -2.12. The van der Waals surface area contributed by atoms with Crippen molar-refractivity contribution in [2.75, 3.05) is 5.32 Å². The summed E-state index contributed by atoms with van der Waals surface area (Å²) in [4.78, 5) is 12.0. The van der Waals surface area contributed by atoms with Crippen LogP contribution in [-0.2, 0) is 4.79 Å². The molecule has 0 bridgehead atoms. The highest BCUT2D eigenvalue weighted by atomic mass is 35.5. The van der Waals surface area contributed by atoms with Crippen LogP contribution in [0, 0.1) is 0 Å². The molecule has 3 heteroatoms. The highest BCUT2D eigenvalue weighted by molar-refractivity contribution is 6.31. The van der Waals surface area contributed by atoms with Gasteiger partial charge in [0.2, 0.25) is 0 Å². The van der Waals surface area contributed by atoms with Crippen LogP contribution in [0.2, 0.25) is 5.02 Å². The molecule has 0 spiro atoms. The zero-order valence-electron chi connectivity index (χ0n) is 10.6. The Morgan fingerprint density at radius 1 is 1.11 bits per heavy atom. The average molecular weight is 272 g/mol. The van der Waals surface area contributed by atoms with Crippen LogP contribution in [0.1, 0.15) is 12.5 Å². The number of anilines is 1. The third kappa shape index (κ3) is 3.97. The van der Waals surface area contributed by atoms with Crippen LogP contribution in [0.15, 0.2) is 60.2 Å². The first-order valence-corrected chi connectivity index (χ1v) is 6.33. The van der Waals surface area contributed by atoms with Crippen LogP contribution >= 0.6 is 11.6 Å². The fraction of sp³-hybridized carbons (Fsp3) is 0.0625. The molecule has 0 saturated carbocycles. The number of benzene rings is 2. The van der Waals surface area contributed by atoms with Crippen LogP contribution in [-0.4, -0.2) is 5.91 Å². The highest BCUT2D eigenvalue weighted by Gasteiger charge is 2.05. The standard InChI is InChI=1S/C16H14ClNO/c1-12(10-13-6-3-2-4-7-13)16(19)18-15-9-5-8-14(17)11-15/h2-11H,1H3,(H,18,19)/b12-10-. The second-order valence-corrected chi connectivity index (χ2v) is 4.64. The van der Waals surface area contributed by atoms with E-state index in [9.17, 15) is 4.79 Å². The molecule has 2 aromatic carbocycles. The van der Waals surface area contributed by atoms with Gasteiger partial charge in [0.25, 0.3) is 5.91 Å². The quantitative estimate of drug-likeness (QED) is 0.825. The van der Waals surface area contributed by atoms with Gasteiger partial charge in [-0.15, -0.1) is 0 Å². The number of nitrogens with one attached hydrogen (secondary N) is 1. The summed E-state index contributed by atoms with van der Waals surface area (Å²) in [6.45, 7) is 1.78. The lowest BCUT2D eigenvalue weighted by molar-refractivity contribution is -0.112. The van der Waals surface area contributed by atoms with Crippen molar-refractivity contribution in [1.82, 2.24) is 0 Å². The van der Waals surface area contributed by atoms with Crippen molar-refractivity contribution in [2.45, 2.75) is 6.92 Å². The van der Waals surface area contributed by atoms with Gasteiger partial charge in [0.15, 0.2) is 0 Å². The van der Waals surface area contributed by atoms with Gasteiger partial charge in [-0.2, -0.15) is 0 Å². The van der Waals surface area contributed by atoms with Crippen molar-refractivity contribution in [3.05, 3.63) is 70.8 Å².